The predicted octanol–water partition coefficient (Wildman–Crippen LogP) is 2.91. The van der Waals surface area contributed by atoms with Crippen molar-refractivity contribution in [3.05, 3.63) is 40.2 Å². The number of aliphatic hydroxyl groups excluding tert-OH is 1. The molecule has 2 aromatic heterocycles. The van der Waals surface area contributed by atoms with E-state index in [-0.39, 0.29) is 43.8 Å². The molecule has 3 aromatic rings. The number of nitrogens with one attached hydrogen (secondary N) is 2. The Bertz CT molecular complexity index is 1330. The number of rotatable bonds is 7. The van der Waals surface area contributed by atoms with E-state index in [0.717, 1.165) is 5.56 Å². The molecule has 6 rings (SSSR count). The molecule has 4 heterocycles. The highest BCUT2D eigenvalue weighted by Gasteiger charge is 2.48. The van der Waals surface area contributed by atoms with Gasteiger partial charge in [0.2, 0.25) is 0 Å². The molecule has 1 aromatic carbocycles. The van der Waals surface area contributed by atoms with Gasteiger partial charge in [0, 0.05) is 11.6 Å². The number of hydrogen-bond donors (Lipinski definition) is 4. The number of anilines is 1. The van der Waals surface area contributed by atoms with Crippen LogP contribution < -0.4 is 14.8 Å². The zero-order valence-electron chi connectivity index (χ0n) is 20.3. The van der Waals surface area contributed by atoms with Crippen molar-refractivity contribution in [1.29, 1.82) is 0 Å². The number of ether oxygens (including phenoxy) is 4. The summed E-state index contributed by atoms with van der Waals surface area (Å²) in [5, 5.41) is 23.4. The van der Waals surface area contributed by atoms with Gasteiger partial charge in [0.15, 0.2) is 11.8 Å². The largest absolute Gasteiger partial charge is 0.491 e. The number of aryl methyl sites for hydroxylation is 1. The molecule has 2 saturated heterocycles. The van der Waals surface area contributed by atoms with Gasteiger partial charge in [0.1, 0.15) is 42.3 Å². The number of H-pyrrole nitrogens is 1. The van der Waals surface area contributed by atoms with Crippen LogP contribution in [0.2, 0.25) is 5.02 Å². The third kappa shape index (κ3) is 4.82. The Morgan fingerprint density at radius 3 is 2.84 bits per heavy atom. The average molecular weight is 535 g/mol. The normalized spacial score (nSPS) is 26.9. The van der Waals surface area contributed by atoms with E-state index < -0.39 is 23.9 Å². The number of fused-ring (bicyclic) bond motifs is 3. The standard InChI is InChI=1S/C25H28ClFN4O6/c1-25(2,33)10-36-12-5-11-3-4-15(19(11)14(27)6-12)28-22-13(26)7-16-23(30-22)31-24(29-16)37-18-9-35-20-17(32)8-34-21(18)20/h5-7,15,17-18,20-21,32-33H,3-4,8-10H2,1-2H3,(H2,28,29,30,31)/t15?,17-,18-,20?,21-/m1/s1. The molecule has 2 fully saturated rings. The van der Waals surface area contributed by atoms with Crippen LogP contribution in [0.3, 0.4) is 0 Å². The van der Waals surface area contributed by atoms with Crippen LogP contribution in [0.4, 0.5) is 10.2 Å². The van der Waals surface area contributed by atoms with Crippen LogP contribution >= 0.6 is 11.6 Å². The lowest BCUT2D eigenvalue weighted by Crippen LogP contribution is -2.34. The fraction of sp³-hybridized carbons (Fsp3) is 0.520. The molecule has 3 aliphatic rings. The number of benzene rings is 1. The van der Waals surface area contributed by atoms with Crippen LogP contribution in [0.25, 0.3) is 11.2 Å². The third-order valence-electron chi connectivity index (χ3n) is 6.79. The molecule has 12 heteroatoms. The number of aromatic nitrogens is 3. The molecule has 0 amide bonds. The van der Waals surface area contributed by atoms with E-state index in [4.69, 9.17) is 30.5 Å². The maximum Gasteiger partial charge on any atom is 0.296 e. The summed E-state index contributed by atoms with van der Waals surface area (Å²) in [6.45, 7) is 3.81. The van der Waals surface area contributed by atoms with Crippen LogP contribution in [-0.4, -0.2) is 75.0 Å². The summed E-state index contributed by atoms with van der Waals surface area (Å²) in [4.78, 5) is 12.0. The first-order valence-corrected chi connectivity index (χ1v) is 12.6. The Morgan fingerprint density at radius 1 is 1.22 bits per heavy atom. The molecule has 37 heavy (non-hydrogen) atoms. The van der Waals surface area contributed by atoms with Gasteiger partial charge in [-0.1, -0.05) is 11.6 Å². The molecule has 2 aliphatic heterocycles. The van der Waals surface area contributed by atoms with E-state index in [1.165, 1.54) is 6.07 Å². The number of pyridine rings is 1. The van der Waals surface area contributed by atoms with E-state index in [9.17, 15) is 10.2 Å². The van der Waals surface area contributed by atoms with Gasteiger partial charge in [0.25, 0.3) is 6.01 Å². The monoisotopic (exact) mass is 534 g/mol. The summed E-state index contributed by atoms with van der Waals surface area (Å²) in [5.74, 6) is 0.387. The minimum absolute atomic E-state index is 0.0613. The van der Waals surface area contributed by atoms with Crippen molar-refractivity contribution >= 4 is 28.6 Å². The second-order valence-electron chi connectivity index (χ2n) is 10.4. The summed E-state index contributed by atoms with van der Waals surface area (Å²) in [7, 11) is 0. The van der Waals surface area contributed by atoms with Crippen LogP contribution in [0.15, 0.2) is 18.2 Å². The lowest BCUT2D eigenvalue weighted by Gasteiger charge is -2.19. The summed E-state index contributed by atoms with van der Waals surface area (Å²) < 4.78 is 37.8. The molecule has 5 atom stereocenters. The van der Waals surface area contributed by atoms with Crippen molar-refractivity contribution in [3.8, 4) is 11.8 Å². The lowest BCUT2D eigenvalue weighted by atomic mass is 10.1. The maximum absolute atomic E-state index is 15.1. The average Bonchev–Trinajstić information content (AvgIpc) is 3.59. The van der Waals surface area contributed by atoms with E-state index in [0.29, 0.717) is 46.2 Å². The molecule has 10 nitrogen and oxygen atoms in total. The van der Waals surface area contributed by atoms with Gasteiger partial charge in [-0.3, -0.25) is 0 Å². The summed E-state index contributed by atoms with van der Waals surface area (Å²) >= 11 is 6.51. The number of hydrogen-bond acceptors (Lipinski definition) is 9. The fourth-order valence-corrected chi connectivity index (χ4v) is 5.29. The van der Waals surface area contributed by atoms with Crippen molar-refractivity contribution in [2.45, 2.75) is 62.7 Å². The highest BCUT2D eigenvalue weighted by atomic mass is 35.5. The molecule has 0 spiro atoms. The summed E-state index contributed by atoms with van der Waals surface area (Å²) in [6.07, 6.45) is -0.534. The van der Waals surface area contributed by atoms with E-state index >= 15 is 4.39 Å². The zero-order chi connectivity index (χ0) is 25.9. The van der Waals surface area contributed by atoms with E-state index in [1.807, 2.05) is 6.07 Å². The molecule has 2 unspecified atom stereocenters. The molecule has 1 aliphatic carbocycles. The first-order valence-electron chi connectivity index (χ1n) is 12.2. The van der Waals surface area contributed by atoms with E-state index in [2.05, 4.69) is 20.3 Å². The molecule has 0 saturated carbocycles. The van der Waals surface area contributed by atoms with Crippen LogP contribution in [0, 0.1) is 5.82 Å². The smallest absolute Gasteiger partial charge is 0.296 e. The SMILES string of the molecule is CC(C)(O)COc1cc(F)c2c(c1)CCC2Nc1nc2nc(O[C@@H]3COC4[C@H](O)CO[C@@H]43)[nH]c2cc1Cl. The molecule has 0 radical (unpaired) electrons. The van der Waals surface area contributed by atoms with Gasteiger partial charge in [0.05, 0.1) is 35.4 Å². The number of aliphatic hydroxyl groups is 2. The Labute approximate surface area is 217 Å². The number of halogens is 2. The summed E-state index contributed by atoms with van der Waals surface area (Å²) in [5.41, 5.74) is 1.35. The van der Waals surface area contributed by atoms with E-state index in [1.54, 1.807) is 19.9 Å². The molecular formula is C25H28ClFN4O6. The van der Waals surface area contributed by atoms with Crippen LogP contribution in [0.1, 0.15) is 37.4 Å². The lowest BCUT2D eigenvalue weighted by molar-refractivity contribution is 0.00706. The molecular weight excluding hydrogens is 507 g/mol. The number of nitrogens with zero attached hydrogens (tertiary/aromatic N) is 2. The first-order chi connectivity index (χ1) is 17.6. The highest BCUT2D eigenvalue weighted by Crippen LogP contribution is 2.39. The maximum atomic E-state index is 15.1. The van der Waals surface area contributed by atoms with Crippen molar-refractivity contribution in [2.75, 3.05) is 25.1 Å². The Morgan fingerprint density at radius 2 is 2.03 bits per heavy atom. The molecule has 0 bridgehead atoms. The fourth-order valence-electron chi connectivity index (χ4n) is 5.08. The number of aromatic amines is 1. The number of imidazole rings is 1. The summed E-state index contributed by atoms with van der Waals surface area (Å²) in [6, 6.07) is 4.76. The first kappa shape index (κ1) is 24.6. The van der Waals surface area contributed by atoms with Crippen LogP contribution in [0.5, 0.6) is 11.8 Å². The van der Waals surface area contributed by atoms with Gasteiger partial charge >= 0.3 is 0 Å². The van der Waals surface area contributed by atoms with Gasteiger partial charge in [-0.15, -0.1) is 0 Å². The second-order valence-corrected chi connectivity index (χ2v) is 10.8. The van der Waals surface area contributed by atoms with Crippen molar-refractivity contribution in [2.24, 2.45) is 0 Å². The third-order valence-corrected chi connectivity index (χ3v) is 7.08. The van der Waals surface area contributed by atoms with Gasteiger partial charge in [-0.05, 0) is 44.4 Å². The quantitative estimate of drug-likeness (QED) is 0.361. The Balaban J connectivity index is 1.18. The Hall–Kier alpha value is -2.70. The van der Waals surface area contributed by atoms with Crippen molar-refractivity contribution < 1.29 is 33.6 Å². The van der Waals surface area contributed by atoms with Crippen molar-refractivity contribution in [1.82, 2.24) is 15.0 Å². The molecule has 4 N–H and O–H groups in total. The minimum atomic E-state index is -1.02. The van der Waals surface area contributed by atoms with Gasteiger partial charge in [-0.25, -0.2) is 9.37 Å². The highest BCUT2D eigenvalue weighted by molar-refractivity contribution is 6.33. The predicted molar refractivity (Wildman–Crippen MR) is 132 cm³/mol. The van der Waals surface area contributed by atoms with Gasteiger partial charge in [-0.2, -0.15) is 4.98 Å². The topological polar surface area (TPSA) is 131 Å². The van der Waals surface area contributed by atoms with Crippen LogP contribution in [-0.2, 0) is 15.9 Å². The van der Waals surface area contributed by atoms with Crippen molar-refractivity contribution in [3.63, 3.8) is 0 Å². The minimum Gasteiger partial charge on any atom is -0.491 e. The Kier molecular flexibility index (Phi) is 6.15. The second kappa shape index (κ2) is 9.25. The van der Waals surface area contributed by atoms with Gasteiger partial charge < -0.3 is 39.5 Å². The zero-order valence-corrected chi connectivity index (χ0v) is 21.1. The molecule has 198 valence electrons.